The van der Waals surface area contributed by atoms with Crippen molar-refractivity contribution >= 4 is 15.9 Å². The van der Waals surface area contributed by atoms with E-state index in [9.17, 15) is 9.59 Å². The van der Waals surface area contributed by atoms with Crippen molar-refractivity contribution in [2.75, 3.05) is 7.11 Å². The molecular formula is C11H9BrN2O3. The minimum atomic E-state index is -0.658. The average molecular weight is 297 g/mol. The number of halogens is 1. The maximum absolute atomic E-state index is 11.6. The number of H-pyrrole nitrogens is 1. The number of hydrogen-bond donors (Lipinski definition) is 1. The lowest BCUT2D eigenvalue weighted by Crippen LogP contribution is -2.34. The van der Waals surface area contributed by atoms with E-state index < -0.39 is 11.1 Å². The molecule has 0 aliphatic carbocycles. The molecule has 1 N–H and O–H groups in total. The Morgan fingerprint density at radius 1 is 1.35 bits per heavy atom. The number of benzene rings is 1. The third-order valence-electron chi connectivity index (χ3n) is 2.26. The second-order valence-electron chi connectivity index (χ2n) is 3.28. The summed E-state index contributed by atoms with van der Waals surface area (Å²) in [7, 11) is 1.53. The van der Waals surface area contributed by atoms with Gasteiger partial charge in [-0.25, -0.2) is 0 Å². The fraction of sp³-hybridized carbons (Fsp3) is 0.0909. The first-order valence-electron chi connectivity index (χ1n) is 4.78. The van der Waals surface area contributed by atoms with Crippen molar-refractivity contribution in [3.63, 3.8) is 0 Å². The van der Waals surface area contributed by atoms with Crippen LogP contribution in [0.25, 0.3) is 5.69 Å². The monoisotopic (exact) mass is 296 g/mol. The van der Waals surface area contributed by atoms with Crippen molar-refractivity contribution in [2.45, 2.75) is 0 Å². The normalized spacial score (nSPS) is 10.2. The van der Waals surface area contributed by atoms with Crippen LogP contribution in [-0.4, -0.2) is 16.7 Å². The lowest BCUT2D eigenvalue weighted by Gasteiger charge is -2.08. The molecule has 0 saturated heterocycles. The van der Waals surface area contributed by atoms with Crippen molar-refractivity contribution < 1.29 is 4.74 Å². The summed E-state index contributed by atoms with van der Waals surface area (Å²) < 4.78 is 7.17. The molecule has 0 spiro atoms. The Morgan fingerprint density at radius 3 is 2.82 bits per heavy atom. The number of aromatic amines is 1. The number of methoxy groups -OCH3 is 1. The van der Waals surface area contributed by atoms with Gasteiger partial charge in [0, 0.05) is 18.5 Å². The number of hydrogen-bond acceptors (Lipinski definition) is 3. The number of nitrogens with one attached hydrogen (secondary N) is 1. The van der Waals surface area contributed by atoms with Gasteiger partial charge in [0.25, 0.3) is 0 Å². The van der Waals surface area contributed by atoms with Crippen molar-refractivity contribution in [2.24, 2.45) is 0 Å². The van der Waals surface area contributed by atoms with Crippen LogP contribution < -0.4 is 15.9 Å². The molecule has 88 valence electrons. The molecule has 1 aromatic carbocycles. The number of rotatable bonds is 2. The molecule has 2 aromatic rings. The number of aromatic nitrogens is 2. The van der Waals surface area contributed by atoms with Crippen molar-refractivity contribution in [3.8, 4) is 11.4 Å². The summed E-state index contributed by atoms with van der Waals surface area (Å²) in [6.45, 7) is 0. The van der Waals surface area contributed by atoms with E-state index in [0.717, 1.165) is 4.47 Å². The van der Waals surface area contributed by atoms with E-state index in [0.29, 0.717) is 11.4 Å². The molecular weight excluding hydrogens is 288 g/mol. The van der Waals surface area contributed by atoms with Crippen LogP contribution in [0.5, 0.6) is 5.75 Å². The minimum absolute atomic E-state index is 0.571. The van der Waals surface area contributed by atoms with E-state index in [4.69, 9.17) is 4.74 Å². The highest BCUT2D eigenvalue weighted by molar-refractivity contribution is 9.10. The third-order valence-corrected chi connectivity index (χ3v) is 2.92. The smallest absolute Gasteiger partial charge is 0.320 e. The summed E-state index contributed by atoms with van der Waals surface area (Å²) in [5.41, 5.74) is -0.715. The predicted molar refractivity (Wildman–Crippen MR) is 66.9 cm³/mol. The second-order valence-corrected chi connectivity index (χ2v) is 4.14. The Bertz CT molecular complexity index is 660. The molecule has 0 radical (unpaired) electrons. The summed E-state index contributed by atoms with van der Waals surface area (Å²) in [4.78, 5) is 25.1. The van der Waals surface area contributed by atoms with Gasteiger partial charge in [0.15, 0.2) is 0 Å². The van der Waals surface area contributed by atoms with Crippen LogP contribution in [0.4, 0.5) is 0 Å². The van der Waals surface area contributed by atoms with Gasteiger partial charge in [-0.15, -0.1) is 0 Å². The third kappa shape index (κ3) is 2.16. The van der Waals surface area contributed by atoms with Gasteiger partial charge in [0.2, 0.25) is 0 Å². The molecule has 0 aliphatic rings. The van der Waals surface area contributed by atoms with E-state index >= 15 is 0 Å². The molecule has 0 amide bonds. The Kier molecular flexibility index (Phi) is 3.14. The highest BCUT2D eigenvalue weighted by atomic mass is 79.9. The predicted octanol–water partition coefficient (Wildman–Crippen LogP) is 1.30. The maximum atomic E-state index is 11.6. The summed E-state index contributed by atoms with van der Waals surface area (Å²) >= 11 is 3.32. The van der Waals surface area contributed by atoms with Crippen LogP contribution in [0.1, 0.15) is 0 Å². The van der Waals surface area contributed by atoms with Gasteiger partial charge in [-0.1, -0.05) is 0 Å². The zero-order chi connectivity index (χ0) is 12.4. The van der Waals surface area contributed by atoms with Crippen molar-refractivity contribution in [1.29, 1.82) is 0 Å². The Hall–Kier alpha value is -1.82. The standard InChI is InChI=1S/C11H9BrN2O3/c1-17-9-6-7(2-3-8(9)12)14-5-4-13-10(15)11(14)16/h2-6H,1H3,(H,13,15). The largest absolute Gasteiger partial charge is 0.495 e. The van der Waals surface area contributed by atoms with E-state index in [1.54, 1.807) is 18.2 Å². The van der Waals surface area contributed by atoms with Gasteiger partial charge in [-0.2, -0.15) is 0 Å². The fourth-order valence-corrected chi connectivity index (χ4v) is 1.84. The minimum Gasteiger partial charge on any atom is -0.495 e. The quantitative estimate of drug-likeness (QED) is 0.850. The van der Waals surface area contributed by atoms with Crippen LogP contribution in [0.15, 0.2) is 44.7 Å². The molecule has 5 nitrogen and oxygen atoms in total. The van der Waals surface area contributed by atoms with E-state index in [1.165, 1.54) is 24.1 Å². The van der Waals surface area contributed by atoms with E-state index in [2.05, 4.69) is 20.9 Å². The lowest BCUT2D eigenvalue weighted by molar-refractivity contribution is 0.412. The Morgan fingerprint density at radius 2 is 2.12 bits per heavy atom. The Balaban J connectivity index is 2.65. The zero-order valence-corrected chi connectivity index (χ0v) is 10.5. The van der Waals surface area contributed by atoms with Gasteiger partial charge < -0.3 is 9.72 Å². The molecule has 17 heavy (non-hydrogen) atoms. The molecule has 0 unspecified atom stereocenters. The molecule has 0 bridgehead atoms. The fourth-order valence-electron chi connectivity index (χ4n) is 1.43. The van der Waals surface area contributed by atoms with E-state index in [-0.39, 0.29) is 0 Å². The van der Waals surface area contributed by atoms with Crippen LogP contribution in [0.2, 0.25) is 0 Å². The maximum Gasteiger partial charge on any atom is 0.320 e. The molecule has 0 atom stereocenters. The highest BCUT2D eigenvalue weighted by Gasteiger charge is 2.06. The van der Waals surface area contributed by atoms with Gasteiger partial charge in [-0.3, -0.25) is 14.2 Å². The number of nitrogens with zero attached hydrogens (tertiary/aromatic N) is 1. The van der Waals surface area contributed by atoms with Crippen LogP contribution in [-0.2, 0) is 0 Å². The first-order valence-corrected chi connectivity index (χ1v) is 5.57. The van der Waals surface area contributed by atoms with Gasteiger partial charge in [-0.05, 0) is 28.1 Å². The molecule has 2 rings (SSSR count). The topological polar surface area (TPSA) is 64.1 Å². The van der Waals surface area contributed by atoms with Crippen LogP contribution >= 0.6 is 15.9 Å². The molecule has 1 heterocycles. The van der Waals surface area contributed by atoms with E-state index in [1.807, 2.05) is 0 Å². The van der Waals surface area contributed by atoms with Crippen LogP contribution in [0, 0.1) is 0 Å². The summed E-state index contributed by atoms with van der Waals surface area (Å²) in [6, 6.07) is 5.14. The SMILES string of the molecule is COc1cc(-n2cc[nH]c(=O)c2=O)ccc1Br. The zero-order valence-electron chi connectivity index (χ0n) is 8.94. The van der Waals surface area contributed by atoms with Crippen LogP contribution in [0.3, 0.4) is 0 Å². The molecule has 0 saturated carbocycles. The van der Waals surface area contributed by atoms with Crippen molar-refractivity contribution in [1.82, 2.24) is 9.55 Å². The molecule has 6 heteroatoms. The first-order chi connectivity index (χ1) is 8.13. The molecule has 0 fully saturated rings. The summed E-state index contributed by atoms with van der Waals surface area (Å²) in [5.74, 6) is 0.592. The Labute approximate surface area is 105 Å². The lowest BCUT2D eigenvalue weighted by atomic mass is 10.3. The van der Waals surface area contributed by atoms with Gasteiger partial charge in [0.05, 0.1) is 17.3 Å². The highest BCUT2D eigenvalue weighted by Crippen LogP contribution is 2.26. The van der Waals surface area contributed by atoms with Gasteiger partial charge in [0.1, 0.15) is 5.75 Å². The number of ether oxygens (including phenoxy) is 1. The molecule has 1 aromatic heterocycles. The average Bonchev–Trinajstić information content (AvgIpc) is 2.34. The van der Waals surface area contributed by atoms with Gasteiger partial charge >= 0.3 is 11.1 Å². The summed E-state index contributed by atoms with van der Waals surface area (Å²) in [5, 5.41) is 0. The summed E-state index contributed by atoms with van der Waals surface area (Å²) in [6.07, 6.45) is 2.91. The second kappa shape index (κ2) is 4.58. The first kappa shape index (κ1) is 11.7. The van der Waals surface area contributed by atoms with Crippen molar-refractivity contribution in [3.05, 3.63) is 55.8 Å². The molecule has 0 aliphatic heterocycles.